The van der Waals surface area contributed by atoms with Crippen LogP contribution in [-0.4, -0.2) is 29.1 Å². The second-order valence-corrected chi connectivity index (χ2v) is 6.26. The van der Waals surface area contributed by atoms with Crippen molar-refractivity contribution in [2.75, 3.05) is 23.3 Å². The van der Waals surface area contributed by atoms with Crippen molar-refractivity contribution in [1.82, 2.24) is 9.97 Å². The molecule has 0 saturated carbocycles. The molecule has 1 aliphatic heterocycles. The maximum absolute atomic E-state index is 13.2. The Labute approximate surface area is 149 Å². The first kappa shape index (κ1) is 18.0. The number of rotatable bonds is 3. The number of piperidine rings is 1. The lowest BCUT2D eigenvalue weighted by Crippen LogP contribution is -2.43. The molecule has 136 valence electrons. The van der Waals surface area contributed by atoms with E-state index in [1.807, 2.05) is 11.8 Å². The van der Waals surface area contributed by atoms with Crippen LogP contribution >= 0.6 is 0 Å². The molecule has 1 saturated heterocycles. The molecule has 1 aliphatic rings. The van der Waals surface area contributed by atoms with Crippen molar-refractivity contribution >= 4 is 11.6 Å². The summed E-state index contributed by atoms with van der Waals surface area (Å²) in [5.74, 6) is 0.501. The summed E-state index contributed by atoms with van der Waals surface area (Å²) in [5.41, 5.74) is -0.0687. The molecule has 2 aromatic rings. The Morgan fingerprint density at radius 2 is 2.12 bits per heavy atom. The maximum Gasteiger partial charge on any atom is 0.417 e. The Morgan fingerprint density at radius 3 is 2.81 bits per heavy atom. The first-order valence-corrected chi connectivity index (χ1v) is 8.30. The summed E-state index contributed by atoms with van der Waals surface area (Å²) in [6, 6.07) is 7.38. The van der Waals surface area contributed by atoms with Crippen LogP contribution in [0.5, 0.6) is 0 Å². The highest BCUT2D eigenvalue weighted by Crippen LogP contribution is 2.36. The Hall–Kier alpha value is -2.82. The molecule has 8 heteroatoms. The molecule has 1 aromatic carbocycles. The van der Waals surface area contributed by atoms with Crippen molar-refractivity contribution in [2.24, 2.45) is 0 Å². The number of alkyl halides is 3. The number of nitrogens with zero attached hydrogens (tertiary/aromatic N) is 4. The molecule has 0 bridgehead atoms. The zero-order chi connectivity index (χ0) is 18.7. The Balaban J connectivity index is 1.83. The van der Waals surface area contributed by atoms with Crippen molar-refractivity contribution in [3.63, 3.8) is 0 Å². The van der Waals surface area contributed by atoms with Gasteiger partial charge in [0.05, 0.1) is 16.8 Å². The van der Waals surface area contributed by atoms with E-state index in [2.05, 4.69) is 15.3 Å². The SMILES string of the molecule is Cc1ccnc(NC2CCCN(c3cccc(C(F)(F)F)c3C#N)C2)n1. The molecule has 1 fully saturated rings. The molecule has 26 heavy (non-hydrogen) atoms. The van der Waals surface area contributed by atoms with Gasteiger partial charge in [0.15, 0.2) is 0 Å². The van der Waals surface area contributed by atoms with Crippen molar-refractivity contribution in [3.05, 3.63) is 47.3 Å². The summed E-state index contributed by atoms with van der Waals surface area (Å²) in [6.45, 7) is 2.94. The van der Waals surface area contributed by atoms with Gasteiger partial charge in [0, 0.05) is 31.0 Å². The highest BCUT2D eigenvalue weighted by molar-refractivity contribution is 5.63. The second kappa shape index (κ2) is 7.20. The summed E-state index contributed by atoms with van der Waals surface area (Å²) >= 11 is 0. The van der Waals surface area contributed by atoms with E-state index < -0.39 is 11.7 Å². The van der Waals surface area contributed by atoms with Crippen molar-refractivity contribution in [3.8, 4) is 6.07 Å². The minimum Gasteiger partial charge on any atom is -0.368 e. The predicted molar refractivity (Wildman–Crippen MR) is 91.8 cm³/mol. The molecule has 3 rings (SSSR count). The van der Waals surface area contributed by atoms with Gasteiger partial charge < -0.3 is 10.2 Å². The van der Waals surface area contributed by atoms with E-state index in [9.17, 15) is 18.4 Å². The van der Waals surface area contributed by atoms with Crippen LogP contribution < -0.4 is 10.2 Å². The van der Waals surface area contributed by atoms with Crippen LogP contribution in [0.3, 0.4) is 0 Å². The van der Waals surface area contributed by atoms with Crippen LogP contribution in [0.2, 0.25) is 0 Å². The first-order chi connectivity index (χ1) is 12.4. The standard InChI is InChI=1S/C18H18F3N5/c1-12-7-8-23-17(24-12)25-13-4-3-9-26(11-13)16-6-2-5-15(14(16)10-22)18(19,20)21/h2,5-8,13H,3-4,9,11H2,1H3,(H,23,24,25). The monoisotopic (exact) mass is 361 g/mol. The number of nitriles is 1. The van der Waals surface area contributed by atoms with E-state index in [4.69, 9.17) is 0 Å². The lowest BCUT2D eigenvalue weighted by Gasteiger charge is -2.35. The number of nitrogens with one attached hydrogen (secondary N) is 1. The van der Waals surface area contributed by atoms with Crippen LogP contribution in [0.4, 0.5) is 24.8 Å². The fraction of sp³-hybridized carbons (Fsp3) is 0.389. The average Bonchev–Trinajstić information content (AvgIpc) is 2.60. The molecular weight excluding hydrogens is 343 g/mol. The van der Waals surface area contributed by atoms with Gasteiger partial charge in [-0.15, -0.1) is 0 Å². The number of anilines is 2. The van der Waals surface area contributed by atoms with E-state index in [1.54, 1.807) is 24.4 Å². The Kier molecular flexibility index (Phi) is 4.98. The van der Waals surface area contributed by atoms with E-state index in [0.29, 0.717) is 24.7 Å². The lowest BCUT2D eigenvalue weighted by atomic mass is 10.0. The zero-order valence-electron chi connectivity index (χ0n) is 14.2. The van der Waals surface area contributed by atoms with Gasteiger partial charge in [-0.1, -0.05) is 6.07 Å². The van der Waals surface area contributed by atoms with Gasteiger partial charge in [0.25, 0.3) is 0 Å². The summed E-state index contributed by atoms with van der Waals surface area (Å²) in [7, 11) is 0. The molecular formula is C18H18F3N5. The molecule has 5 nitrogen and oxygen atoms in total. The third-order valence-electron chi connectivity index (χ3n) is 4.35. The van der Waals surface area contributed by atoms with Gasteiger partial charge >= 0.3 is 6.18 Å². The molecule has 1 aromatic heterocycles. The molecule has 1 N–H and O–H groups in total. The van der Waals surface area contributed by atoms with Gasteiger partial charge in [-0.05, 0) is 38.0 Å². The number of benzene rings is 1. The zero-order valence-corrected chi connectivity index (χ0v) is 14.2. The summed E-state index contributed by atoms with van der Waals surface area (Å²) in [6.07, 6.45) is -1.24. The van der Waals surface area contributed by atoms with E-state index in [1.165, 1.54) is 6.07 Å². The number of hydrogen-bond acceptors (Lipinski definition) is 5. The predicted octanol–water partition coefficient (Wildman–Crippen LogP) is 3.76. The van der Waals surface area contributed by atoms with E-state index in [0.717, 1.165) is 24.6 Å². The fourth-order valence-corrected chi connectivity index (χ4v) is 3.17. The van der Waals surface area contributed by atoms with Gasteiger partial charge in [-0.25, -0.2) is 9.97 Å². The molecule has 0 radical (unpaired) electrons. The van der Waals surface area contributed by atoms with Gasteiger partial charge in [-0.3, -0.25) is 0 Å². The first-order valence-electron chi connectivity index (χ1n) is 8.30. The lowest BCUT2D eigenvalue weighted by molar-refractivity contribution is -0.137. The quantitative estimate of drug-likeness (QED) is 0.902. The number of hydrogen-bond donors (Lipinski definition) is 1. The summed E-state index contributed by atoms with van der Waals surface area (Å²) < 4.78 is 39.6. The largest absolute Gasteiger partial charge is 0.417 e. The average molecular weight is 361 g/mol. The molecule has 0 amide bonds. The van der Waals surface area contributed by atoms with Crippen LogP contribution in [0.1, 0.15) is 29.7 Å². The Morgan fingerprint density at radius 1 is 1.31 bits per heavy atom. The summed E-state index contributed by atoms with van der Waals surface area (Å²) in [5, 5.41) is 12.5. The molecule has 1 unspecified atom stereocenters. The molecule has 0 aliphatic carbocycles. The third-order valence-corrected chi connectivity index (χ3v) is 4.35. The normalized spacial score (nSPS) is 17.7. The minimum atomic E-state index is -4.55. The Bertz CT molecular complexity index is 828. The second-order valence-electron chi connectivity index (χ2n) is 6.26. The third kappa shape index (κ3) is 3.87. The minimum absolute atomic E-state index is 0.00774. The number of aryl methyl sites for hydroxylation is 1. The van der Waals surface area contributed by atoms with Crippen LogP contribution in [0.15, 0.2) is 30.5 Å². The molecule has 0 spiro atoms. The van der Waals surface area contributed by atoms with Gasteiger partial charge in [-0.2, -0.15) is 18.4 Å². The topological polar surface area (TPSA) is 64.8 Å². The van der Waals surface area contributed by atoms with E-state index in [-0.39, 0.29) is 11.6 Å². The van der Waals surface area contributed by atoms with Crippen LogP contribution in [0.25, 0.3) is 0 Å². The van der Waals surface area contributed by atoms with Crippen molar-refractivity contribution < 1.29 is 13.2 Å². The smallest absolute Gasteiger partial charge is 0.368 e. The molecule has 2 heterocycles. The van der Waals surface area contributed by atoms with Crippen LogP contribution in [-0.2, 0) is 6.18 Å². The molecule has 1 atom stereocenters. The number of halogens is 3. The van der Waals surface area contributed by atoms with Gasteiger partial charge in [0.1, 0.15) is 6.07 Å². The van der Waals surface area contributed by atoms with Crippen molar-refractivity contribution in [1.29, 1.82) is 5.26 Å². The van der Waals surface area contributed by atoms with Gasteiger partial charge in [0.2, 0.25) is 5.95 Å². The van der Waals surface area contributed by atoms with Crippen molar-refractivity contribution in [2.45, 2.75) is 32.0 Å². The summed E-state index contributed by atoms with van der Waals surface area (Å²) in [4.78, 5) is 10.3. The highest BCUT2D eigenvalue weighted by atomic mass is 19.4. The van der Waals surface area contributed by atoms with E-state index >= 15 is 0 Å². The highest BCUT2D eigenvalue weighted by Gasteiger charge is 2.35. The maximum atomic E-state index is 13.2. The van der Waals surface area contributed by atoms with Crippen LogP contribution in [0, 0.1) is 18.3 Å². The fourth-order valence-electron chi connectivity index (χ4n) is 3.17. The number of aromatic nitrogens is 2.